The lowest BCUT2D eigenvalue weighted by Crippen LogP contribution is -2.19. The maximum atomic E-state index is 12.9. The average Bonchev–Trinajstić information content (AvgIpc) is 3.15. The number of benzene rings is 2. The third kappa shape index (κ3) is 4.42. The Bertz CT molecular complexity index is 1220. The van der Waals surface area contributed by atoms with Crippen LogP contribution in [0.15, 0.2) is 60.8 Å². The van der Waals surface area contributed by atoms with Crippen molar-refractivity contribution < 1.29 is 9.59 Å². The Morgan fingerprint density at radius 1 is 1.00 bits per heavy atom. The summed E-state index contributed by atoms with van der Waals surface area (Å²) in [6.07, 6.45) is 1.45. The number of pyridine rings is 1. The Labute approximate surface area is 183 Å². The number of amides is 1. The Morgan fingerprint density at radius 2 is 1.73 bits per heavy atom. The van der Waals surface area contributed by atoms with Gasteiger partial charge in [0.1, 0.15) is 5.69 Å². The smallest absolute Gasteiger partial charge is 0.269 e. The molecule has 30 heavy (non-hydrogen) atoms. The number of carbonyl (C=O) groups is 2. The van der Waals surface area contributed by atoms with Gasteiger partial charge < -0.3 is 15.6 Å². The number of carbonyl (C=O) groups excluding carboxylic acids is 2. The summed E-state index contributed by atoms with van der Waals surface area (Å²) >= 11 is 5.90. The lowest BCUT2D eigenvalue weighted by Gasteiger charge is -2.04. The molecular weight excluding hydrogens is 425 g/mol. The molecule has 0 aliphatic heterocycles. The Kier molecular flexibility index (Phi) is 6.34. The molecule has 3 N–H and O–H groups in total. The number of hydrogen-bond acceptors (Lipinski definition) is 5. The summed E-state index contributed by atoms with van der Waals surface area (Å²) in [7, 11) is 1.51. The SMILES string of the molecule is CNC(=O)c1cc(C(=O)c2ccc3nc(Nc4ccc(Cl)cc4)[nH]c3c2)ccn1.Cl. The molecule has 2 heterocycles. The summed E-state index contributed by atoms with van der Waals surface area (Å²) in [5.41, 5.74) is 3.33. The number of fused-ring (bicyclic) bond motifs is 1. The van der Waals surface area contributed by atoms with Crippen LogP contribution in [0.5, 0.6) is 0 Å². The molecule has 0 aliphatic rings. The van der Waals surface area contributed by atoms with Crippen molar-refractivity contribution in [1.29, 1.82) is 0 Å². The van der Waals surface area contributed by atoms with Crippen LogP contribution in [0.4, 0.5) is 11.6 Å². The summed E-state index contributed by atoms with van der Waals surface area (Å²) in [5, 5.41) is 6.31. The van der Waals surface area contributed by atoms with E-state index < -0.39 is 0 Å². The molecule has 7 nitrogen and oxygen atoms in total. The van der Waals surface area contributed by atoms with Gasteiger partial charge in [0.2, 0.25) is 5.95 Å². The van der Waals surface area contributed by atoms with Gasteiger partial charge >= 0.3 is 0 Å². The number of nitrogens with zero attached hydrogens (tertiary/aromatic N) is 2. The minimum atomic E-state index is -0.346. The quantitative estimate of drug-likeness (QED) is 0.399. The largest absolute Gasteiger partial charge is 0.354 e. The van der Waals surface area contributed by atoms with Gasteiger partial charge in [-0.2, -0.15) is 0 Å². The van der Waals surface area contributed by atoms with Crippen molar-refractivity contribution in [3.8, 4) is 0 Å². The van der Waals surface area contributed by atoms with E-state index in [0.717, 1.165) is 11.2 Å². The van der Waals surface area contributed by atoms with Crippen molar-refractivity contribution in [1.82, 2.24) is 20.3 Å². The maximum absolute atomic E-state index is 12.9. The minimum Gasteiger partial charge on any atom is -0.354 e. The molecule has 1 amide bonds. The number of H-pyrrole nitrogens is 1. The van der Waals surface area contributed by atoms with Crippen LogP contribution >= 0.6 is 24.0 Å². The number of aromatic nitrogens is 3. The second kappa shape index (κ2) is 8.94. The molecule has 4 aromatic rings. The van der Waals surface area contributed by atoms with Gasteiger partial charge in [-0.1, -0.05) is 11.6 Å². The fourth-order valence-electron chi connectivity index (χ4n) is 2.87. The molecule has 0 aliphatic carbocycles. The van der Waals surface area contributed by atoms with Gasteiger partial charge in [0.05, 0.1) is 11.0 Å². The predicted molar refractivity (Wildman–Crippen MR) is 119 cm³/mol. The Hall–Kier alpha value is -3.42. The van der Waals surface area contributed by atoms with E-state index in [1.807, 2.05) is 12.1 Å². The van der Waals surface area contributed by atoms with Gasteiger partial charge in [-0.25, -0.2) is 4.98 Å². The highest BCUT2D eigenvalue weighted by Crippen LogP contribution is 2.22. The van der Waals surface area contributed by atoms with Crippen LogP contribution in [-0.2, 0) is 0 Å². The topological polar surface area (TPSA) is 99.8 Å². The van der Waals surface area contributed by atoms with Crippen LogP contribution in [0.3, 0.4) is 0 Å². The third-order valence-electron chi connectivity index (χ3n) is 4.33. The standard InChI is InChI=1S/C21H16ClN5O2.ClH/c1-23-20(29)18-11-13(8-9-24-18)19(28)12-2-7-16-17(10-12)27-21(26-16)25-15-5-3-14(22)4-6-15;/h2-11H,1H3,(H,23,29)(H2,25,26,27);1H. The number of rotatable bonds is 5. The molecular formula is C21H17Cl2N5O2. The van der Waals surface area contributed by atoms with Crippen LogP contribution in [0.25, 0.3) is 11.0 Å². The lowest BCUT2D eigenvalue weighted by molar-refractivity contribution is 0.0958. The van der Waals surface area contributed by atoms with Gasteiger partial charge in [0.25, 0.3) is 5.91 Å². The second-order valence-corrected chi connectivity index (χ2v) is 6.72. The zero-order chi connectivity index (χ0) is 20.4. The lowest BCUT2D eigenvalue weighted by atomic mass is 10.0. The summed E-state index contributed by atoms with van der Waals surface area (Å²) in [4.78, 5) is 36.2. The predicted octanol–water partition coefficient (Wildman–Crippen LogP) is 4.37. The van der Waals surface area contributed by atoms with Crippen LogP contribution in [0.2, 0.25) is 5.02 Å². The summed E-state index contributed by atoms with van der Waals surface area (Å²) in [5.74, 6) is 0.000542. The first-order valence-electron chi connectivity index (χ1n) is 8.79. The number of nitrogens with one attached hydrogen (secondary N) is 3. The highest BCUT2D eigenvalue weighted by atomic mass is 35.5. The average molecular weight is 442 g/mol. The first kappa shape index (κ1) is 21.3. The van der Waals surface area contributed by atoms with Gasteiger partial charge in [0.15, 0.2) is 5.78 Å². The summed E-state index contributed by atoms with van der Waals surface area (Å²) in [6.45, 7) is 0. The Morgan fingerprint density at radius 3 is 2.47 bits per heavy atom. The normalized spacial score (nSPS) is 10.3. The summed E-state index contributed by atoms with van der Waals surface area (Å²) < 4.78 is 0. The van der Waals surface area contributed by atoms with Crippen molar-refractivity contribution >= 4 is 58.4 Å². The highest BCUT2D eigenvalue weighted by Gasteiger charge is 2.14. The van der Waals surface area contributed by atoms with Crippen molar-refractivity contribution in [3.63, 3.8) is 0 Å². The van der Waals surface area contributed by atoms with Crippen LogP contribution < -0.4 is 10.6 Å². The number of aromatic amines is 1. The number of imidazole rings is 1. The molecule has 0 saturated carbocycles. The van der Waals surface area contributed by atoms with E-state index in [4.69, 9.17) is 11.6 Å². The number of hydrogen-bond donors (Lipinski definition) is 3. The van der Waals surface area contributed by atoms with Gasteiger partial charge in [0, 0.05) is 35.1 Å². The first-order valence-corrected chi connectivity index (χ1v) is 9.16. The van der Waals surface area contributed by atoms with Gasteiger partial charge in [-0.05, 0) is 54.6 Å². The van der Waals surface area contributed by atoms with Crippen LogP contribution in [-0.4, -0.2) is 33.7 Å². The fraction of sp³-hybridized carbons (Fsp3) is 0.0476. The fourth-order valence-corrected chi connectivity index (χ4v) is 3.00. The number of ketones is 1. The van der Waals surface area contributed by atoms with E-state index in [0.29, 0.717) is 27.6 Å². The van der Waals surface area contributed by atoms with Crippen molar-refractivity contribution in [2.24, 2.45) is 0 Å². The molecule has 4 rings (SSSR count). The van der Waals surface area contributed by atoms with E-state index in [1.165, 1.54) is 19.3 Å². The van der Waals surface area contributed by atoms with Gasteiger partial charge in [-0.3, -0.25) is 14.6 Å². The molecule has 0 unspecified atom stereocenters. The molecule has 2 aromatic carbocycles. The molecule has 0 fully saturated rings. The molecule has 0 saturated heterocycles. The van der Waals surface area contributed by atoms with Crippen molar-refractivity contribution in [2.75, 3.05) is 12.4 Å². The number of halogens is 2. The molecule has 0 radical (unpaired) electrons. The summed E-state index contributed by atoms with van der Waals surface area (Å²) in [6, 6.07) is 15.5. The van der Waals surface area contributed by atoms with Crippen LogP contribution in [0.1, 0.15) is 26.4 Å². The molecule has 0 spiro atoms. The van der Waals surface area contributed by atoms with Crippen LogP contribution in [0, 0.1) is 0 Å². The molecule has 2 aromatic heterocycles. The molecule has 0 bridgehead atoms. The second-order valence-electron chi connectivity index (χ2n) is 6.29. The molecule has 0 atom stereocenters. The zero-order valence-electron chi connectivity index (χ0n) is 15.8. The van der Waals surface area contributed by atoms with E-state index in [9.17, 15) is 9.59 Å². The maximum Gasteiger partial charge on any atom is 0.269 e. The van der Waals surface area contributed by atoms with Crippen molar-refractivity contribution in [3.05, 3.63) is 82.6 Å². The van der Waals surface area contributed by atoms with E-state index >= 15 is 0 Å². The van der Waals surface area contributed by atoms with E-state index in [2.05, 4.69) is 25.6 Å². The van der Waals surface area contributed by atoms with Gasteiger partial charge in [-0.15, -0.1) is 12.4 Å². The monoisotopic (exact) mass is 441 g/mol. The van der Waals surface area contributed by atoms with E-state index in [-0.39, 0.29) is 29.8 Å². The minimum absolute atomic E-state index is 0. The van der Waals surface area contributed by atoms with E-state index in [1.54, 1.807) is 36.4 Å². The third-order valence-corrected chi connectivity index (χ3v) is 4.58. The first-order chi connectivity index (χ1) is 14.0. The zero-order valence-corrected chi connectivity index (χ0v) is 17.3. The molecule has 152 valence electrons. The molecule has 9 heteroatoms. The number of anilines is 2. The van der Waals surface area contributed by atoms with Crippen molar-refractivity contribution in [2.45, 2.75) is 0 Å². The Balaban J connectivity index is 0.00000256. The highest BCUT2D eigenvalue weighted by molar-refractivity contribution is 6.30.